The van der Waals surface area contributed by atoms with E-state index in [0.717, 1.165) is 11.3 Å². The Bertz CT molecular complexity index is 373. The third-order valence-corrected chi connectivity index (χ3v) is 3.59. The number of hydrogen-bond donors (Lipinski definition) is 2. The van der Waals surface area contributed by atoms with Crippen molar-refractivity contribution in [1.29, 1.82) is 0 Å². The fourth-order valence-corrected chi connectivity index (χ4v) is 2.28. The number of rotatable bonds is 5. The Morgan fingerprint density at radius 3 is 2.18 bits per heavy atom. The molecule has 0 aromatic heterocycles. The van der Waals surface area contributed by atoms with Crippen LogP contribution in [0.1, 0.15) is 29.5 Å². The zero-order valence-electron chi connectivity index (χ0n) is 11.3. The summed E-state index contributed by atoms with van der Waals surface area (Å²) in [7, 11) is 1.70. The van der Waals surface area contributed by atoms with E-state index in [2.05, 4.69) is 32.9 Å². The number of methoxy groups -OCH3 is 1. The molecule has 0 aliphatic heterocycles. The molecule has 0 amide bonds. The number of benzene rings is 1. The van der Waals surface area contributed by atoms with E-state index in [1.807, 2.05) is 0 Å². The monoisotopic (exact) mass is 236 g/mol. The van der Waals surface area contributed by atoms with E-state index in [1.54, 1.807) is 7.11 Å². The van der Waals surface area contributed by atoms with E-state index in [0.29, 0.717) is 24.9 Å². The first-order valence-electron chi connectivity index (χ1n) is 6.10. The van der Waals surface area contributed by atoms with E-state index in [4.69, 9.17) is 16.2 Å². The molecule has 0 saturated heterocycles. The van der Waals surface area contributed by atoms with Crippen molar-refractivity contribution in [3.63, 3.8) is 0 Å². The van der Waals surface area contributed by atoms with Crippen LogP contribution in [0.3, 0.4) is 0 Å². The number of aryl methyl sites for hydroxylation is 2. The van der Waals surface area contributed by atoms with Crippen LogP contribution in [0.5, 0.6) is 5.75 Å². The topological polar surface area (TPSA) is 61.3 Å². The van der Waals surface area contributed by atoms with Crippen LogP contribution in [0.15, 0.2) is 12.1 Å². The summed E-state index contributed by atoms with van der Waals surface area (Å²) in [6.45, 7) is 7.62. The average Bonchev–Trinajstić information content (AvgIpc) is 2.32. The van der Waals surface area contributed by atoms with Gasteiger partial charge in [-0.25, -0.2) is 0 Å². The molecule has 4 N–H and O–H groups in total. The molecular formula is C14H24N2O. The summed E-state index contributed by atoms with van der Waals surface area (Å²) >= 11 is 0. The molecule has 3 nitrogen and oxygen atoms in total. The molecule has 0 aliphatic carbocycles. The van der Waals surface area contributed by atoms with Gasteiger partial charge in [0, 0.05) is 0 Å². The lowest BCUT2D eigenvalue weighted by molar-refractivity contribution is 0.410. The van der Waals surface area contributed by atoms with Gasteiger partial charge in [-0.05, 0) is 61.5 Å². The Morgan fingerprint density at radius 2 is 1.71 bits per heavy atom. The van der Waals surface area contributed by atoms with E-state index in [1.165, 1.54) is 11.1 Å². The SMILES string of the molecule is COc1cc(C)c(C(C)C(CN)CN)cc1C. The van der Waals surface area contributed by atoms with Gasteiger partial charge in [0.2, 0.25) is 0 Å². The largest absolute Gasteiger partial charge is 0.496 e. The molecule has 0 bridgehead atoms. The zero-order valence-corrected chi connectivity index (χ0v) is 11.3. The highest BCUT2D eigenvalue weighted by molar-refractivity contribution is 5.43. The van der Waals surface area contributed by atoms with Crippen molar-refractivity contribution in [3.8, 4) is 5.75 Å². The summed E-state index contributed by atoms with van der Waals surface area (Å²) in [5.41, 5.74) is 15.2. The standard InChI is InChI=1S/C14H24N2O/c1-9-6-14(17-4)10(2)5-13(9)11(3)12(7-15)8-16/h5-6,11-12H,7-8,15-16H2,1-4H3. The summed E-state index contributed by atoms with van der Waals surface area (Å²) < 4.78 is 5.32. The summed E-state index contributed by atoms with van der Waals surface area (Å²) in [6.07, 6.45) is 0. The first-order chi connectivity index (χ1) is 8.04. The van der Waals surface area contributed by atoms with Crippen LogP contribution in [0.2, 0.25) is 0 Å². The molecule has 0 radical (unpaired) electrons. The lowest BCUT2D eigenvalue weighted by atomic mass is 9.84. The third kappa shape index (κ3) is 2.99. The van der Waals surface area contributed by atoms with Gasteiger partial charge in [-0.15, -0.1) is 0 Å². The van der Waals surface area contributed by atoms with Gasteiger partial charge in [0.15, 0.2) is 0 Å². The molecule has 1 rings (SSSR count). The molecule has 1 aromatic carbocycles. The summed E-state index contributed by atoms with van der Waals surface area (Å²) in [4.78, 5) is 0. The van der Waals surface area contributed by atoms with Gasteiger partial charge in [-0.1, -0.05) is 13.0 Å². The van der Waals surface area contributed by atoms with Gasteiger partial charge in [0.1, 0.15) is 5.75 Å². The Hall–Kier alpha value is -1.06. The predicted molar refractivity (Wildman–Crippen MR) is 72.5 cm³/mol. The molecule has 1 unspecified atom stereocenters. The lowest BCUT2D eigenvalue weighted by Gasteiger charge is -2.24. The van der Waals surface area contributed by atoms with E-state index in [9.17, 15) is 0 Å². The minimum Gasteiger partial charge on any atom is -0.496 e. The van der Waals surface area contributed by atoms with Crippen molar-refractivity contribution in [2.45, 2.75) is 26.7 Å². The normalized spacial score (nSPS) is 12.9. The summed E-state index contributed by atoms with van der Waals surface area (Å²) in [5.74, 6) is 1.66. The Balaban J connectivity index is 3.09. The molecule has 3 heteroatoms. The minimum absolute atomic E-state index is 0.335. The molecule has 1 atom stereocenters. The second-order valence-corrected chi connectivity index (χ2v) is 4.70. The van der Waals surface area contributed by atoms with Crippen LogP contribution in [0.25, 0.3) is 0 Å². The first kappa shape index (κ1) is 14.0. The second kappa shape index (κ2) is 6.03. The number of nitrogens with two attached hydrogens (primary N) is 2. The second-order valence-electron chi connectivity index (χ2n) is 4.70. The predicted octanol–water partition coefficient (Wildman–Crippen LogP) is 1.95. The van der Waals surface area contributed by atoms with Gasteiger partial charge in [-0.3, -0.25) is 0 Å². The Morgan fingerprint density at radius 1 is 1.12 bits per heavy atom. The molecule has 1 aromatic rings. The average molecular weight is 236 g/mol. The molecule has 0 saturated carbocycles. The van der Waals surface area contributed by atoms with Gasteiger partial charge in [-0.2, -0.15) is 0 Å². The summed E-state index contributed by atoms with van der Waals surface area (Å²) in [6, 6.07) is 4.28. The van der Waals surface area contributed by atoms with Gasteiger partial charge < -0.3 is 16.2 Å². The van der Waals surface area contributed by atoms with Crippen LogP contribution in [0, 0.1) is 19.8 Å². The van der Waals surface area contributed by atoms with Crippen molar-refractivity contribution < 1.29 is 4.74 Å². The van der Waals surface area contributed by atoms with Crippen molar-refractivity contribution in [3.05, 3.63) is 28.8 Å². The van der Waals surface area contributed by atoms with Gasteiger partial charge >= 0.3 is 0 Å². The number of hydrogen-bond acceptors (Lipinski definition) is 3. The highest BCUT2D eigenvalue weighted by atomic mass is 16.5. The smallest absolute Gasteiger partial charge is 0.122 e. The third-order valence-electron chi connectivity index (χ3n) is 3.59. The van der Waals surface area contributed by atoms with Crippen LogP contribution < -0.4 is 16.2 Å². The molecule has 0 fully saturated rings. The maximum atomic E-state index is 5.76. The summed E-state index contributed by atoms with van der Waals surface area (Å²) in [5, 5.41) is 0. The van der Waals surface area contributed by atoms with Crippen molar-refractivity contribution in [2.24, 2.45) is 17.4 Å². The molecule has 0 spiro atoms. The fraction of sp³-hybridized carbons (Fsp3) is 0.571. The van der Waals surface area contributed by atoms with Crippen molar-refractivity contribution in [2.75, 3.05) is 20.2 Å². The number of ether oxygens (including phenoxy) is 1. The molecule has 96 valence electrons. The van der Waals surface area contributed by atoms with Crippen LogP contribution in [-0.4, -0.2) is 20.2 Å². The van der Waals surface area contributed by atoms with Gasteiger partial charge in [0.05, 0.1) is 7.11 Å². The van der Waals surface area contributed by atoms with Crippen LogP contribution in [0.4, 0.5) is 0 Å². The molecule has 0 heterocycles. The fourth-order valence-electron chi connectivity index (χ4n) is 2.28. The zero-order chi connectivity index (χ0) is 13.0. The molecule has 17 heavy (non-hydrogen) atoms. The highest BCUT2D eigenvalue weighted by Gasteiger charge is 2.19. The molecule has 0 aliphatic rings. The van der Waals surface area contributed by atoms with Crippen LogP contribution in [-0.2, 0) is 0 Å². The Kier molecular flexibility index (Phi) is 4.97. The maximum Gasteiger partial charge on any atom is 0.122 e. The van der Waals surface area contributed by atoms with Gasteiger partial charge in [0.25, 0.3) is 0 Å². The van der Waals surface area contributed by atoms with Crippen molar-refractivity contribution >= 4 is 0 Å². The van der Waals surface area contributed by atoms with E-state index < -0.39 is 0 Å². The maximum absolute atomic E-state index is 5.76. The minimum atomic E-state index is 0.335. The highest BCUT2D eigenvalue weighted by Crippen LogP contribution is 2.31. The molecular weight excluding hydrogens is 212 g/mol. The lowest BCUT2D eigenvalue weighted by Crippen LogP contribution is -2.28. The van der Waals surface area contributed by atoms with Crippen LogP contribution >= 0.6 is 0 Å². The van der Waals surface area contributed by atoms with E-state index >= 15 is 0 Å². The Labute approximate surface area is 104 Å². The van der Waals surface area contributed by atoms with Crippen molar-refractivity contribution in [1.82, 2.24) is 0 Å². The van der Waals surface area contributed by atoms with E-state index in [-0.39, 0.29) is 0 Å². The first-order valence-corrected chi connectivity index (χ1v) is 6.10. The quantitative estimate of drug-likeness (QED) is 0.821.